The molecule has 0 unspecified atom stereocenters. The first-order chi connectivity index (χ1) is 6.49. The Morgan fingerprint density at radius 1 is 1.64 bits per heavy atom. The Hall–Kier alpha value is -0.740. The van der Waals surface area contributed by atoms with Crippen LogP contribution in [-0.4, -0.2) is 13.1 Å². The third-order valence-electron chi connectivity index (χ3n) is 1.91. The molecule has 2 N–H and O–H groups in total. The van der Waals surface area contributed by atoms with E-state index in [0.29, 0.717) is 26.3 Å². The Morgan fingerprint density at radius 2 is 2.21 bits per heavy atom. The third kappa shape index (κ3) is 1.86. The summed E-state index contributed by atoms with van der Waals surface area (Å²) in [4.78, 5) is 11.4. The number of nitrogen functional groups attached to an aromatic ring is 1. The molecule has 0 saturated carbocycles. The molecule has 0 bridgehead atoms. The van der Waals surface area contributed by atoms with Crippen LogP contribution in [0.25, 0.3) is 0 Å². The van der Waals surface area contributed by atoms with Gasteiger partial charge in [-0.2, -0.15) is 0 Å². The van der Waals surface area contributed by atoms with Gasteiger partial charge >= 0.3 is 5.97 Å². The van der Waals surface area contributed by atoms with Crippen LogP contribution in [0.15, 0.2) is 10.5 Å². The maximum absolute atomic E-state index is 11.4. The number of hydrogen-bond donors (Lipinski definition) is 1. The van der Waals surface area contributed by atoms with E-state index in [1.165, 1.54) is 7.11 Å². The van der Waals surface area contributed by atoms with Crippen molar-refractivity contribution in [1.29, 1.82) is 0 Å². The van der Waals surface area contributed by atoms with Crippen LogP contribution in [-0.2, 0) is 4.74 Å². The lowest BCUT2D eigenvalue weighted by molar-refractivity contribution is 0.0599. The largest absolute Gasteiger partial charge is 0.465 e. The van der Waals surface area contributed by atoms with Crippen molar-refractivity contribution in [3.63, 3.8) is 0 Å². The van der Waals surface area contributed by atoms with Crippen molar-refractivity contribution in [1.82, 2.24) is 0 Å². The topological polar surface area (TPSA) is 52.3 Å². The molecule has 0 aliphatic heterocycles. The van der Waals surface area contributed by atoms with Crippen molar-refractivity contribution in [3.05, 3.63) is 26.7 Å². The molecule has 0 spiro atoms. The molecule has 14 heavy (non-hydrogen) atoms. The fourth-order valence-electron chi connectivity index (χ4n) is 1.08. The Bertz CT molecular complexity index is 367. The number of benzene rings is 1. The number of esters is 1. The average Bonchev–Trinajstić information content (AvgIpc) is 2.15. The number of hydrogen-bond acceptors (Lipinski definition) is 3. The fraction of sp³-hybridized carbons (Fsp3) is 0.222. The highest BCUT2D eigenvalue weighted by Crippen LogP contribution is 2.32. The van der Waals surface area contributed by atoms with Gasteiger partial charge in [-0.25, -0.2) is 4.79 Å². The van der Waals surface area contributed by atoms with Crippen molar-refractivity contribution in [2.45, 2.75) is 6.92 Å². The van der Waals surface area contributed by atoms with E-state index in [1.54, 1.807) is 13.0 Å². The minimum absolute atomic E-state index is 0.373. The second-order valence-corrected chi connectivity index (χ2v) is 3.95. The first-order valence-electron chi connectivity index (χ1n) is 3.81. The zero-order valence-electron chi connectivity index (χ0n) is 7.73. The lowest BCUT2D eigenvalue weighted by Crippen LogP contribution is -2.07. The molecule has 0 amide bonds. The van der Waals surface area contributed by atoms with Crippen LogP contribution < -0.4 is 5.73 Å². The summed E-state index contributed by atoms with van der Waals surface area (Å²) in [5.74, 6) is -0.455. The molecule has 76 valence electrons. The van der Waals surface area contributed by atoms with Crippen LogP contribution in [0.5, 0.6) is 0 Å². The molecular weight excluding hydrogens is 269 g/mol. The summed E-state index contributed by atoms with van der Waals surface area (Å²) < 4.78 is 5.14. The standard InChI is InChI=1S/C9H9BrClNO2/c1-4-6(12)3-5(11)8(10)7(4)9(13)14-2/h3H,12H2,1-2H3. The van der Waals surface area contributed by atoms with Gasteiger partial charge in [-0.3, -0.25) is 0 Å². The summed E-state index contributed by atoms with van der Waals surface area (Å²) in [5.41, 5.74) is 7.17. The molecule has 1 aromatic rings. The quantitative estimate of drug-likeness (QED) is 0.635. The van der Waals surface area contributed by atoms with Gasteiger partial charge in [0.2, 0.25) is 0 Å². The Kier molecular flexibility index (Phi) is 3.39. The first-order valence-corrected chi connectivity index (χ1v) is 4.98. The average molecular weight is 279 g/mol. The Balaban J connectivity index is 3.47. The first kappa shape index (κ1) is 11.3. The molecule has 0 aromatic heterocycles. The SMILES string of the molecule is COC(=O)c1c(C)c(N)cc(Cl)c1Br. The number of rotatable bonds is 1. The molecule has 0 aliphatic carbocycles. The van der Waals surface area contributed by atoms with Crippen molar-refractivity contribution >= 4 is 39.2 Å². The number of carbonyl (C=O) groups excluding carboxylic acids is 1. The summed E-state index contributed by atoms with van der Waals surface area (Å²) in [5, 5.41) is 0.397. The van der Waals surface area contributed by atoms with E-state index < -0.39 is 5.97 Å². The highest BCUT2D eigenvalue weighted by molar-refractivity contribution is 9.10. The van der Waals surface area contributed by atoms with Gasteiger partial charge in [0, 0.05) is 5.69 Å². The molecule has 1 aromatic carbocycles. The van der Waals surface area contributed by atoms with Gasteiger partial charge in [0.25, 0.3) is 0 Å². The van der Waals surface area contributed by atoms with E-state index in [9.17, 15) is 4.79 Å². The van der Waals surface area contributed by atoms with E-state index in [0.717, 1.165) is 0 Å². The molecule has 0 saturated heterocycles. The molecule has 3 nitrogen and oxygen atoms in total. The third-order valence-corrected chi connectivity index (χ3v) is 3.26. The van der Waals surface area contributed by atoms with Crippen LogP contribution >= 0.6 is 27.5 Å². The van der Waals surface area contributed by atoms with Crippen LogP contribution in [0.3, 0.4) is 0 Å². The summed E-state index contributed by atoms with van der Waals surface area (Å²) >= 11 is 9.08. The van der Waals surface area contributed by atoms with Gasteiger partial charge in [0.05, 0.1) is 22.2 Å². The van der Waals surface area contributed by atoms with Gasteiger partial charge in [0.1, 0.15) is 0 Å². The maximum Gasteiger partial charge on any atom is 0.339 e. The van der Waals surface area contributed by atoms with Crippen molar-refractivity contribution in [2.75, 3.05) is 12.8 Å². The number of anilines is 1. The number of methoxy groups -OCH3 is 1. The van der Waals surface area contributed by atoms with Crippen molar-refractivity contribution in [2.24, 2.45) is 0 Å². The number of halogens is 2. The van der Waals surface area contributed by atoms with E-state index in [1.807, 2.05) is 0 Å². The second kappa shape index (κ2) is 4.19. The summed E-state index contributed by atoms with van der Waals surface area (Å²) in [6, 6.07) is 1.59. The van der Waals surface area contributed by atoms with Gasteiger partial charge in [-0.1, -0.05) is 11.6 Å². The zero-order chi connectivity index (χ0) is 10.9. The van der Waals surface area contributed by atoms with Crippen LogP contribution in [0.4, 0.5) is 5.69 Å². The number of carbonyl (C=O) groups is 1. The molecule has 1 rings (SSSR count). The zero-order valence-corrected chi connectivity index (χ0v) is 10.1. The van der Waals surface area contributed by atoms with Crippen LogP contribution in [0.2, 0.25) is 5.02 Å². The number of nitrogens with two attached hydrogens (primary N) is 1. The predicted molar refractivity (Wildman–Crippen MR) is 59.6 cm³/mol. The summed E-state index contributed by atoms with van der Waals surface area (Å²) in [7, 11) is 1.31. The molecule has 0 fully saturated rings. The predicted octanol–water partition coefficient (Wildman–Crippen LogP) is 2.78. The minimum atomic E-state index is -0.455. The number of ether oxygens (including phenoxy) is 1. The van der Waals surface area contributed by atoms with Crippen molar-refractivity contribution < 1.29 is 9.53 Å². The van der Waals surface area contributed by atoms with Gasteiger partial charge in [0.15, 0.2) is 0 Å². The fourth-order valence-corrected chi connectivity index (χ4v) is 1.87. The normalized spacial score (nSPS) is 10.0. The lowest BCUT2D eigenvalue weighted by atomic mass is 10.1. The van der Waals surface area contributed by atoms with E-state index in [-0.39, 0.29) is 0 Å². The van der Waals surface area contributed by atoms with E-state index in [4.69, 9.17) is 17.3 Å². The monoisotopic (exact) mass is 277 g/mol. The maximum atomic E-state index is 11.4. The van der Waals surface area contributed by atoms with E-state index in [2.05, 4.69) is 20.7 Å². The second-order valence-electron chi connectivity index (χ2n) is 2.75. The van der Waals surface area contributed by atoms with Crippen molar-refractivity contribution in [3.8, 4) is 0 Å². The lowest BCUT2D eigenvalue weighted by Gasteiger charge is -2.10. The Labute approximate surface area is 95.3 Å². The van der Waals surface area contributed by atoms with Gasteiger partial charge < -0.3 is 10.5 Å². The molecule has 0 radical (unpaired) electrons. The highest BCUT2D eigenvalue weighted by Gasteiger charge is 2.18. The molecule has 0 heterocycles. The molecule has 0 aliphatic rings. The molecule has 5 heteroatoms. The Morgan fingerprint density at radius 3 is 2.71 bits per heavy atom. The van der Waals surface area contributed by atoms with Gasteiger partial charge in [-0.05, 0) is 34.5 Å². The van der Waals surface area contributed by atoms with E-state index >= 15 is 0 Å². The van der Waals surface area contributed by atoms with Crippen LogP contribution in [0.1, 0.15) is 15.9 Å². The highest BCUT2D eigenvalue weighted by atomic mass is 79.9. The van der Waals surface area contributed by atoms with Crippen LogP contribution in [0, 0.1) is 6.92 Å². The summed E-state index contributed by atoms with van der Waals surface area (Å²) in [6.45, 7) is 1.74. The summed E-state index contributed by atoms with van der Waals surface area (Å²) in [6.07, 6.45) is 0. The van der Waals surface area contributed by atoms with Gasteiger partial charge in [-0.15, -0.1) is 0 Å². The minimum Gasteiger partial charge on any atom is -0.465 e. The smallest absolute Gasteiger partial charge is 0.339 e. The molecule has 0 atom stereocenters. The molecular formula is C9H9BrClNO2.